The van der Waals surface area contributed by atoms with E-state index < -0.39 is 0 Å². The zero-order valence-electron chi connectivity index (χ0n) is 14.5. The molecule has 3 heterocycles. The van der Waals surface area contributed by atoms with Crippen LogP contribution in [0.5, 0.6) is 0 Å². The molecule has 1 aromatic heterocycles. The molecular formula is C18H30N4O. The van der Waals surface area contributed by atoms with Gasteiger partial charge in [-0.15, -0.1) is 5.10 Å². The molecule has 1 aromatic rings. The predicted molar refractivity (Wildman–Crippen MR) is 92.7 cm³/mol. The van der Waals surface area contributed by atoms with Gasteiger partial charge >= 0.3 is 0 Å². The lowest BCUT2D eigenvalue weighted by Gasteiger charge is -2.39. The largest absolute Gasteiger partial charge is 0.378 e. The summed E-state index contributed by atoms with van der Waals surface area (Å²) in [6.07, 6.45) is 8.29. The Morgan fingerprint density at radius 1 is 1.30 bits per heavy atom. The van der Waals surface area contributed by atoms with Gasteiger partial charge in [0.15, 0.2) is 5.82 Å². The topological polar surface area (TPSA) is 41.5 Å². The van der Waals surface area contributed by atoms with Crippen LogP contribution in [0.1, 0.15) is 39.0 Å². The number of ether oxygens (including phenoxy) is 1. The Bertz CT molecular complexity index is 461. The molecule has 0 aromatic carbocycles. The Balaban J connectivity index is 1.45. The minimum Gasteiger partial charge on any atom is -0.378 e. The number of rotatable bonds is 5. The van der Waals surface area contributed by atoms with Crippen LogP contribution in [-0.4, -0.2) is 60.5 Å². The lowest BCUT2D eigenvalue weighted by molar-refractivity contribution is -0.0190. The Morgan fingerprint density at radius 3 is 2.83 bits per heavy atom. The molecule has 0 saturated carbocycles. The second-order valence-corrected chi connectivity index (χ2v) is 7.02. The zero-order chi connectivity index (χ0) is 16.1. The third-order valence-electron chi connectivity index (χ3n) is 5.47. The SMILES string of the molecule is CC[C@H]1C[C@@H](CN2CCC(N(C)c3cccnn3)CC2)CCO1. The van der Waals surface area contributed by atoms with Crippen molar-refractivity contribution in [3.05, 3.63) is 18.3 Å². The van der Waals surface area contributed by atoms with Crippen molar-refractivity contribution >= 4 is 5.82 Å². The molecule has 2 aliphatic rings. The van der Waals surface area contributed by atoms with E-state index in [4.69, 9.17) is 4.74 Å². The molecule has 0 spiro atoms. The zero-order valence-corrected chi connectivity index (χ0v) is 14.5. The van der Waals surface area contributed by atoms with E-state index >= 15 is 0 Å². The summed E-state index contributed by atoms with van der Waals surface area (Å²) in [5, 5.41) is 8.23. The number of aromatic nitrogens is 2. The number of anilines is 1. The van der Waals surface area contributed by atoms with Crippen LogP contribution in [0, 0.1) is 5.92 Å². The van der Waals surface area contributed by atoms with Gasteiger partial charge in [-0.2, -0.15) is 5.10 Å². The molecule has 0 amide bonds. The van der Waals surface area contributed by atoms with Crippen molar-refractivity contribution in [3.63, 3.8) is 0 Å². The van der Waals surface area contributed by atoms with Gasteiger partial charge < -0.3 is 14.5 Å². The average Bonchev–Trinajstić information content (AvgIpc) is 2.63. The first-order valence-corrected chi connectivity index (χ1v) is 9.10. The maximum absolute atomic E-state index is 5.81. The summed E-state index contributed by atoms with van der Waals surface area (Å²) in [7, 11) is 2.15. The van der Waals surface area contributed by atoms with Crippen LogP contribution >= 0.6 is 0 Å². The van der Waals surface area contributed by atoms with Crippen LogP contribution in [-0.2, 0) is 4.74 Å². The molecule has 2 atom stereocenters. The molecule has 2 fully saturated rings. The van der Waals surface area contributed by atoms with E-state index in [0.29, 0.717) is 12.1 Å². The molecule has 0 aliphatic carbocycles. The Hall–Kier alpha value is -1.20. The van der Waals surface area contributed by atoms with Crippen LogP contribution in [0.25, 0.3) is 0 Å². The lowest BCUT2D eigenvalue weighted by Crippen LogP contribution is -2.45. The number of nitrogens with zero attached hydrogens (tertiary/aromatic N) is 4. The smallest absolute Gasteiger partial charge is 0.151 e. The molecule has 0 radical (unpaired) electrons. The highest BCUT2D eigenvalue weighted by molar-refractivity contribution is 5.36. The number of hydrogen-bond acceptors (Lipinski definition) is 5. The van der Waals surface area contributed by atoms with Gasteiger partial charge in [0.2, 0.25) is 0 Å². The first-order chi connectivity index (χ1) is 11.3. The van der Waals surface area contributed by atoms with E-state index in [9.17, 15) is 0 Å². The average molecular weight is 318 g/mol. The van der Waals surface area contributed by atoms with Gasteiger partial charge in [0, 0.05) is 45.5 Å². The third kappa shape index (κ3) is 4.42. The molecule has 5 heteroatoms. The van der Waals surface area contributed by atoms with Gasteiger partial charge in [-0.1, -0.05) is 6.92 Å². The van der Waals surface area contributed by atoms with Gasteiger partial charge in [0.1, 0.15) is 0 Å². The summed E-state index contributed by atoms with van der Waals surface area (Å²) in [4.78, 5) is 4.95. The summed E-state index contributed by atoms with van der Waals surface area (Å²) in [5.41, 5.74) is 0. The molecule has 0 N–H and O–H groups in total. The minimum atomic E-state index is 0.495. The monoisotopic (exact) mass is 318 g/mol. The van der Waals surface area contributed by atoms with Crippen molar-refractivity contribution in [1.82, 2.24) is 15.1 Å². The van der Waals surface area contributed by atoms with E-state index in [0.717, 1.165) is 24.8 Å². The van der Waals surface area contributed by atoms with Gasteiger partial charge in [-0.25, -0.2) is 0 Å². The minimum absolute atomic E-state index is 0.495. The second kappa shape index (κ2) is 8.06. The van der Waals surface area contributed by atoms with Crippen LogP contribution < -0.4 is 4.90 Å². The molecule has 5 nitrogen and oxygen atoms in total. The van der Waals surface area contributed by atoms with E-state index in [1.54, 1.807) is 6.20 Å². The molecular weight excluding hydrogens is 288 g/mol. The summed E-state index contributed by atoms with van der Waals surface area (Å²) in [5.74, 6) is 1.81. The summed E-state index contributed by atoms with van der Waals surface area (Å²) < 4.78 is 5.81. The molecule has 23 heavy (non-hydrogen) atoms. The molecule has 3 rings (SSSR count). The van der Waals surface area contributed by atoms with Gasteiger partial charge in [-0.05, 0) is 50.2 Å². The fourth-order valence-corrected chi connectivity index (χ4v) is 3.93. The maximum Gasteiger partial charge on any atom is 0.151 e. The third-order valence-corrected chi connectivity index (χ3v) is 5.47. The van der Waals surface area contributed by atoms with Crippen molar-refractivity contribution in [2.45, 2.75) is 51.2 Å². The second-order valence-electron chi connectivity index (χ2n) is 7.02. The molecule has 2 aliphatic heterocycles. The fourth-order valence-electron chi connectivity index (χ4n) is 3.93. The van der Waals surface area contributed by atoms with Crippen molar-refractivity contribution < 1.29 is 4.74 Å². The molecule has 128 valence electrons. The highest BCUT2D eigenvalue weighted by Gasteiger charge is 2.27. The standard InChI is InChI=1S/C18H30N4O/c1-3-17-13-15(8-12-23-17)14-22-10-6-16(7-11-22)21(2)18-5-4-9-19-20-18/h4-5,9,15-17H,3,6-8,10-14H2,1-2H3/t15-,17-/m0/s1. The van der Waals surface area contributed by atoms with Gasteiger partial charge in [-0.3, -0.25) is 0 Å². The van der Waals surface area contributed by atoms with E-state index in [1.807, 2.05) is 12.1 Å². The van der Waals surface area contributed by atoms with Crippen molar-refractivity contribution in [1.29, 1.82) is 0 Å². The van der Waals surface area contributed by atoms with Crippen LogP contribution in [0.2, 0.25) is 0 Å². The lowest BCUT2D eigenvalue weighted by atomic mass is 9.92. The van der Waals surface area contributed by atoms with E-state index in [1.165, 1.54) is 45.3 Å². The molecule has 0 bridgehead atoms. The normalized spacial score (nSPS) is 27.0. The molecule has 0 unspecified atom stereocenters. The summed E-state index contributed by atoms with van der Waals surface area (Å²) >= 11 is 0. The number of piperidine rings is 1. The quantitative estimate of drug-likeness (QED) is 0.835. The van der Waals surface area contributed by atoms with Crippen LogP contribution in [0.15, 0.2) is 18.3 Å². The Morgan fingerprint density at radius 2 is 2.13 bits per heavy atom. The van der Waals surface area contributed by atoms with Crippen molar-refractivity contribution in [3.8, 4) is 0 Å². The van der Waals surface area contributed by atoms with Crippen molar-refractivity contribution in [2.75, 3.05) is 38.2 Å². The highest BCUT2D eigenvalue weighted by Crippen LogP contribution is 2.25. The van der Waals surface area contributed by atoms with Gasteiger partial charge in [0.05, 0.1) is 6.10 Å². The first kappa shape index (κ1) is 16.7. The van der Waals surface area contributed by atoms with E-state index in [-0.39, 0.29) is 0 Å². The predicted octanol–water partition coefficient (Wildman–Crippen LogP) is 2.58. The maximum atomic E-state index is 5.81. The van der Waals surface area contributed by atoms with Crippen molar-refractivity contribution in [2.24, 2.45) is 5.92 Å². The van der Waals surface area contributed by atoms with E-state index in [2.05, 4.69) is 34.0 Å². The van der Waals surface area contributed by atoms with Gasteiger partial charge in [0.25, 0.3) is 0 Å². The highest BCUT2D eigenvalue weighted by atomic mass is 16.5. The van der Waals surface area contributed by atoms with Crippen LogP contribution in [0.3, 0.4) is 0 Å². The Labute approximate surface area is 140 Å². The molecule has 2 saturated heterocycles. The number of likely N-dealkylation sites (tertiary alicyclic amines) is 1. The fraction of sp³-hybridized carbons (Fsp3) is 0.778. The summed E-state index contributed by atoms with van der Waals surface area (Å²) in [6, 6.07) is 4.59. The first-order valence-electron chi connectivity index (χ1n) is 9.10. The summed E-state index contributed by atoms with van der Waals surface area (Å²) in [6.45, 7) is 6.84. The number of hydrogen-bond donors (Lipinski definition) is 0. The Kier molecular flexibility index (Phi) is 5.84. The van der Waals surface area contributed by atoms with Crippen LogP contribution in [0.4, 0.5) is 5.82 Å².